The van der Waals surface area contributed by atoms with E-state index in [0.717, 1.165) is 6.42 Å². The first-order valence-corrected chi connectivity index (χ1v) is 19.1. The average molecular weight is 633 g/mol. The summed E-state index contributed by atoms with van der Waals surface area (Å²) in [5, 5.41) is 0. The van der Waals surface area contributed by atoms with Gasteiger partial charge in [0.2, 0.25) is 0 Å². The topological polar surface area (TPSA) is 0 Å². The third-order valence-corrected chi connectivity index (χ3v) is 6.32. The number of halogens is 2. The van der Waals surface area contributed by atoms with Gasteiger partial charge in [-0.3, -0.25) is 6.08 Å². The van der Waals surface area contributed by atoms with Crippen LogP contribution in [0.15, 0.2) is 48.1 Å². The summed E-state index contributed by atoms with van der Waals surface area (Å²) in [4.78, 5) is 0. The number of benzene rings is 2. The Hall–Kier alpha value is -0.400. The van der Waals surface area contributed by atoms with Crippen LogP contribution in [0, 0.1) is 23.5 Å². The second-order valence-electron chi connectivity index (χ2n) is 13.3. The smallest absolute Gasteiger partial charge is 1.00 e. The van der Waals surface area contributed by atoms with Crippen molar-refractivity contribution in [3.05, 3.63) is 82.5 Å². The quantitative estimate of drug-likeness (QED) is 0.264. The van der Waals surface area contributed by atoms with E-state index in [4.69, 9.17) is 0 Å². The summed E-state index contributed by atoms with van der Waals surface area (Å²) in [7, 11) is 0. The second kappa shape index (κ2) is 14.3. The van der Waals surface area contributed by atoms with Crippen LogP contribution in [0.2, 0.25) is 13.1 Å². The Labute approximate surface area is 256 Å². The predicted octanol–water partition coefficient (Wildman–Crippen LogP) is 3.41. The van der Waals surface area contributed by atoms with Gasteiger partial charge in [0.05, 0.1) is 0 Å². The zero-order chi connectivity index (χ0) is 26.8. The second-order valence-corrected chi connectivity index (χ2v) is 22.7. The van der Waals surface area contributed by atoms with Gasteiger partial charge < -0.3 is 24.8 Å². The Morgan fingerprint density at radius 2 is 1.32 bits per heavy atom. The summed E-state index contributed by atoms with van der Waals surface area (Å²) in [5.74, 6) is 0.522. The maximum absolute atomic E-state index is 3.53. The molecule has 2 aromatic rings. The number of hydrogen-bond acceptors (Lipinski definition) is 0. The van der Waals surface area contributed by atoms with Crippen LogP contribution in [0.25, 0.3) is 11.1 Å². The molecule has 4 rings (SSSR count). The molecular formula is C33H46Cl2SiZr-2. The van der Waals surface area contributed by atoms with Gasteiger partial charge in [-0.15, -0.1) is 5.56 Å². The Morgan fingerprint density at radius 3 is 1.73 bits per heavy atom. The zero-order valence-corrected chi connectivity index (χ0v) is 30.1. The van der Waals surface area contributed by atoms with Crippen molar-refractivity contribution in [2.24, 2.45) is 11.3 Å². The molecule has 0 spiro atoms. The van der Waals surface area contributed by atoms with E-state index in [1.165, 1.54) is 39.0 Å². The summed E-state index contributed by atoms with van der Waals surface area (Å²) in [6.45, 7) is 27.1. The fraction of sp³-hybridized carbons (Fsp3) is 0.515. The van der Waals surface area contributed by atoms with Crippen molar-refractivity contribution in [3.63, 3.8) is 0 Å². The van der Waals surface area contributed by atoms with Crippen LogP contribution in [0.3, 0.4) is 0 Å². The molecule has 0 aromatic heterocycles. The monoisotopic (exact) mass is 630 g/mol. The van der Waals surface area contributed by atoms with E-state index >= 15 is 0 Å². The summed E-state index contributed by atoms with van der Waals surface area (Å²) in [5.41, 5.74) is 10.7. The van der Waals surface area contributed by atoms with Crippen molar-refractivity contribution in [1.82, 2.24) is 0 Å². The molecule has 4 heteroatoms. The Balaban J connectivity index is 0.000000684. The summed E-state index contributed by atoms with van der Waals surface area (Å²) >= 11 is 1.74. The first-order chi connectivity index (χ1) is 15.9. The summed E-state index contributed by atoms with van der Waals surface area (Å²) in [6.07, 6.45) is 8.68. The van der Waals surface area contributed by atoms with Crippen LogP contribution in [0.4, 0.5) is 0 Å². The largest absolute Gasteiger partial charge is 1.00 e. The first kappa shape index (κ1) is 36.6. The van der Waals surface area contributed by atoms with Gasteiger partial charge in [0.1, 0.15) is 0 Å². The van der Waals surface area contributed by atoms with Crippen LogP contribution >= 0.6 is 0 Å². The zero-order valence-electron chi connectivity index (χ0n) is 25.1. The van der Waals surface area contributed by atoms with Gasteiger partial charge in [-0.1, -0.05) is 115 Å². The molecule has 0 saturated carbocycles. The van der Waals surface area contributed by atoms with Crippen LogP contribution in [-0.2, 0) is 40.6 Å². The molecule has 1 atom stereocenters. The molecule has 2 aromatic carbocycles. The molecule has 0 bridgehead atoms. The van der Waals surface area contributed by atoms with Crippen molar-refractivity contribution in [1.29, 1.82) is 0 Å². The minimum Gasteiger partial charge on any atom is -1.00 e. The van der Waals surface area contributed by atoms with E-state index in [9.17, 15) is 0 Å². The molecular weight excluding hydrogens is 587 g/mol. The van der Waals surface area contributed by atoms with E-state index in [2.05, 4.69) is 137 Å². The van der Waals surface area contributed by atoms with E-state index in [1.54, 1.807) is 23.3 Å². The van der Waals surface area contributed by atoms with E-state index < -0.39 is 0 Å². The molecule has 2 aliphatic carbocycles. The van der Waals surface area contributed by atoms with Gasteiger partial charge in [0.15, 0.2) is 0 Å². The molecule has 0 saturated heterocycles. The molecule has 0 fully saturated rings. The molecule has 2 aliphatic rings. The number of hydrogen-bond donors (Lipinski definition) is 0. The molecule has 0 nitrogen and oxygen atoms in total. The fourth-order valence-electron chi connectivity index (χ4n) is 4.04. The molecule has 0 aliphatic heterocycles. The van der Waals surface area contributed by atoms with Crippen LogP contribution in [-0.4, -0.2) is 5.43 Å². The molecule has 0 heterocycles. The molecule has 0 N–H and O–H groups in total. The first-order valence-electron chi connectivity index (χ1n) is 12.9. The third kappa shape index (κ3) is 10.9. The number of fused-ring (bicyclic) bond motifs is 3. The maximum Gasteiger partial charge on any atom is -1.00 e. The Morgan fingerprint density at radius 1 is 0.811 bits per heavy atom. The standard InChI is InChI=1S/C21H25.C10H15.C2H6Si.2ClH.Zr/c1-20(2,3)16-9-7-14-11-15-8-10-17(21(4,5)6)13-19(15)18(14)12-16;1-8-5-6-9(7-8)10(2,3)4;1-3-2;;;/h7,9-10,12-13H,11H2,1-6H3;6-8H,1-4H3;1-2H3;2*1H;/q2*-1;;;;+2/p-2. The Bertz CT molecular complexity index is 1060. The normalized spacial score (nSPS) is 15.5. The molecule has 0 amide bonds. The van der Waals surface area contributed by atoms with Crippen LogP contribution in [0.5, 0.6) is 0 Å². The van der Waals surface area contributed by atoms with Gasteiger partial charge in [-0.05, 0) is 17.4 Å². The van der Waals surface area contributed by atoms with Gasteiger partial charge >= 0.3 is 41.9 Å². The summed E-state index contributed by atoms with van der Waals surface area (Å²) < 4.78 is 0. The van der Waals surface area contributed by atoms with Gasteiger partial charge in [-0.25, -0.2) is 6.08 Å². The van der Waals surface area contributed by atoms with Crippen LogP contribution < -0.4 is 24.8 Å². The van der Waals surface area contributed by atoms with E-state index in [0.29, 0.717) is 11.3 Å². The van der Waals surface area contributed by atoms with E-state index in [1.807, 2.05) is 0 Å². The van der Waals surface area contributed by atoms with Crippen LogP contribution in [0.1, 0.15) is 91.5 Å². The molecule has 202 valence electrons. The average Bonchev–Trinajstić information content (AvgIpc) is 3.29. The minimum absolute atomic E-state index is 0. The number of rotatable bonds is 0. The molecule has 37 heavy (non-hydrogen) atoms. The van der Waals surface area contributed by atoms with Crippen molar-refractivity contribution in [2.45, 2.75) is 99.6 Å². The number of allylic oxidation sites excluding steroid dienone is 4. The van der Waals surface area contributed by atoms with Crippen molar-refractivity contribution in [3.8, 4) is 11.1 Å². The van der Waals surface area contributed by atoms with Crippen molar-refractivity contribution < 1.29 is 48.1 Å². The minimum atomic E-state index is 0. The SMILES string of the molecule is CC(C)(C)c1c[c-]c2c(c1)-c1cc(C(C)(C)C)ccc1C2.CC1[C-]=CC(C(C)(C)C)=C1.C[Si](C)=[Zr+2].[Cl-].[Cl-]. The predicted molar refractivity (Wildman–Crippen MR) is 153 cm³/mol. The van der Waals surface area contributed by atoms with Gasteiger partial charge in [0, 0.05) is 0 Å². The fourth-order valence-corrected chi connectivity index (χ4v) is 4.04. The van der Waals surface area contributed by atoms with Crippen molar-refractivity contribution in [2.75, 3.05) is 0 Å². The third-order valence-electron chi connectivity index (χ3n) is 6.32. The van der Waals surface area contributed by atoms with Gasteiger partial charge in [-0.2, -0.15) is 41.0 Å². The van der Waals surface area contributed by atoms with E-state index in [-0.39, 0.29) is 41.1 Å². The van der Waals surface area contributed by atoms with Gasteiger partial charge in [0.25, 0.3) is 0 Å². The Kier molecular flexibility index (Phi) is 14.1. The van der Waals surface area contributed by atoms with Crippen molar-refractivity contribution >= 4 is 5.43 Å². The maximum atomic E-state index is 3.53. The molecule has 1 unspecified atom stereocenters. The summed E-state index contributed by atoms with van der Waals surface area (Å²) in [6, 6.07) is 15.1. The molecule has 0 radical (unpaired) electrons.